The second-order valence-electron chi connectivity index (χ2n) is 6.80. The van der Waals surface area contributed by atoms with Crippen LogP contribution < -0.4 is 0 Å². The van der Waals surface area contributed by atoms with Crippen LogP contribution in [-0.4, -0.2) is 32.1 Å². The number of halogens is 3. The van der Waals surface area contributed by atoms with Crippen molar-refractivity contribution in [2.45, 2.75) is 40.0 Å². The van der Waals surface area contributed by atoms with Crippen molar-refractivity contribution < 1.29 is 22.4 Å². The normalized spacial score (nSPS) is 14.7. The van der Waals surface area contributed by atoms with E-state index in [-0.39, 0.29) is 37.1 Å². The first-order valence-electron chi connectivity index (χ1n) is 8.45. The van der Waals surface area contributed by atoms with Crippen LogP contribution >= 0.6 is 0 Å². The lowest BCUT2D eigenvalue weighted by atomic mass is 10.0. The molecule has 27 heavy (non-hydrogen) atoms. The molecule has 0 unspecified atom stereocenters. The molecule has 0 aliphatic carbocycles. The van der Waals surface area contributed by atoms with Gasteiger partial charge < -0.3 is 13.9 Å². The van der Waals surface area contributed by atoms with E-state index >= 15 is 0 Å². The average Bonchev–Trinajstić information content (AvgIpc) is 3.16. The fraction of sp³-hybridized carbons (Fsp3) is 0.389. The Kier molecular flexibility index (Phi) is 3.79. The predicted octanol–water partition coefficient (Wildman–Crippen LogP) is 3.62. The fourth-order valence-corrected chi connectivity index (χ4v) is 3.36. The molecule has 142 valence electrons. The molecule has 3 aromatic rings. The number of hydrogen-bond donors (Lipinski definition) is 0. The number of alkyl halides is 3. The maximum atomic E-state index is 12.9. The van der Waals surface area contributed by atoms with Crippen LogP contribution in [0.5, 0.6) is 0 Å². The van der Waals surface area contributed by atoms with Gasteiger partial charge >= 0.3 is 6.18 Å². The largest absolute Gasteiger partial charge is 0.451 e. The first-order chi connectivity index (χ1) is 12.7. The lowest BCUT2D eigenvalue weighted by Crippen LogP contribution is -2.39. The summed E-state index contributed by atoms with van der Waals surface area (Å²) in [6.45, 7) is 5.82. The van der Waals surface area contributed by atoms with E-state index in [1.165, 1.54) is 4.90 Å². The Morgan fingerprint density at radius 2 is 1.81 bits per heavy atom. The van der Waals surface area contributed by atoms with Crippen LogP contribution in [0.2, 0.25) is 0 Å². The summed E-state index contributed by atoms with van der Waals surface area (Å²) >= 11 is 0. The van der Waals surface area contributed by atoms with Crippen LogP contribution in [0.4, 0.5) is 13.2 Å². The molecule has 6 nitrogen and oxygen atoms in total. The van der Waals surface area contributed by atoms with E-state index in [2.05, 4.69) is 10.2 Å². The zero-order valence-electron chi connectivity index (χ0n) is 15.0. The van der Waals surface area contributed by atoms with Crippen molar-refractivity contribution in [1.29, 1.82) is 0 Å². The van der Waals surface area contributed by atoms with Gasteiger partial charge in [-0.2, -0.15) is 13.2 Å². The molecule has 0 radical (unpaired) electrons. The minimum Gasteiger partial charge on any atom is -0.451 e. The average molecular weight is 378 g/mol. The van der Waals surface area contributed by atoms with Gasteiger partial charge in [0.2, 0.25) is 5.82 Å². The summed E-state index contributed by atoms with van der Waals surface area (Å²) in [7, 11) is 0. The first-order valence-corrected chi connectivity index (χ1v) is 8.45. The molecule has 0 saturated carbocycles. The van der Waals surface area contributed by atoms with Gasteiger partial charge in [-0.3, -0.25) is 4.79 Å². The Balaban J connectivity index is 1.66. The number of amides is 1. The number of fused-ring (bicyclic) bond motifs is 2. The van der Waals surface area contributed by atoms with E-state index in [1.807, 2.05) is 32.9 Å². The maximum Gasteiger partial charge on any atom is 0.451 e. The van der Waals surface area contributed by atoms with Crippen LogP contribution in [0.1, 0.15) is 38.9 Å². The van der Waals surface area contributed by atoms with Gasteiger partial charge in [-0.05, 0) is 44.0 Å². The van der Waals surface area contributed by atoms with E-state index in [9.17, 15) is 18.0 Å². The summed E-state index contributed by atoms with van der Waals surface area (Å²) in [6.07, 6.45) is -4.57. The zero-order chi connectivity index (χ0) is 19.5. The third-order valence-electron chi connectivity index (χ3n) is 5.04. The molecule has 9 heteroatoms. The van der Waals surface area contributed by atoms with Gasteiger partial charge in [-0.25, -0.2) is 0 Å². The summed E-state index contributed by atoms with van der Waals surface area (Å²) < 4.78 is 45.6. The molecule has 4 rings (SSSR count). The van der Waals surface area contributed by atoms with Crippen LogP contribution in [0.3, 0.4) is 0 Å². The highest BCUT2D eigenvalue weighted by atomic mass is 19.4. The van der Waals surface area contributed by atoms with Gasteiger partial charge in [-0.1, -0.05) is 0 Å². The van der Waals surface area contributed by atoms with Crippen LogP contribution in [0.15, 0.2) is 16.5 Å². The quantitative estimate of drug-likeness (QED) is 0.649. The molecule has 0 fully saturated rings. The van der Waals surface area contributed by atoms with Gasteiger partial charge in [0.25, 0.3) is 5.91 Å². The number of rotatable bonds is 1. The number of furan rings is 1. The lowest BCUT2D eigenvalue weighted by molar-refractivity contribution is -0.147. The summed E-state index contributed by atoms with van der Waals surface area (Å²) in [5.74, 6) is -1.07. The second kappa shape index (κ2) is 5.83. The number of hydrogen-bond acceptors (Lipinski definition) is 4. The monoisotopic (exact) mass is 378 g/mol. The summed E-state index contributed by atoms with van der Waals surface area (Å²) in [4.78, 5) is 14.4. The summed E-state index contributed by atoms with van der Waals surface area (Å²) in [6, 6.07) is 3.86. The van der Waals surface area contributed by atoms with Crippen molar-refractivity contribution in [2.75, 3.05) is 6.54 Å². The number of aryl methyl sites for hydroxylation is 3. The highest BCUT2D eigenvalue weighted by Gasteiger charge is 2.40. The lowest BCUT2D eigenvalue weighted by Gasteiger charge is -2.27. The maximum absolute atomic E-state index is 12.9. The van der Waals surface area contributed by atoms with Crippen molar-refractivity contribution in [1.82, 2.24) is 19.7 Å². The molecule has 0 bridgehead atoms. The van der Waals surface area contributed by atoms with Crippen LogP contribution in [-0.2, 0) is 19.3 Å². The number of aromatic nitrogens is 3. The number of carbonyl (C=O) groups excluding carboxylic acids is 1. The molecule has 2 aromatic heterocycles. The van der Waals surface area contributed by atoms with E-state index in [0.717, 1.165) is 26.6 Å². The van der Waals surface area contributed by atoms with Crippen molar-refractivity contribution in [3.05, 3.63) is 46.2 Å². The highest BCUT2D eigenvalue weighted by Crippen LogP contribution is 2.31. The van der Waals surface area contributed by atoms with E-state index in [0.29, 0.717) is 5.58 Å². The Labute approximate surface area is 152 Å². The smallest absolute Gasteiger partial charge is 0.451 e. The Morgan fingerprint density at radius 1 is 1.11 bits per heavy atom. The molecule has 0 atom stereocenters. The van der Waals surface area contributed by atoms with Crippen molar-refractivity contribution in [2.24, 2.45) is 0 Å². The van der Waals surface area contributed by atoms with E-state index in [1.54, 1.807) is 0 Å². The van der Waals surface area contributed by atoms with Gasteiger partial charge in [0, 0.05) is 24.0 Å². The summed E-state index contributed by atoms with van der Waals surface area (Å²) in [5.41, 5.74) is 3.50. The van der Waals surface area contributed by atoms with Crippen molar-refractivity contribution in [3.63, 3.8) is 0 Å². The minimum atomic E-state index is -4.57. The topological polar surface area (TPSA) is 64.2 Å². The number of benzene rings is 1. The molecule has 1 aromatic carbocycles. The zero-order valence-corrected chi connectivity index (χ0v) is 15.0. The molecule has 0 N–H and O–H groups in total. The van der Waals surface area contributed by atoms with E-state index < -0.39 is 12.0 Å². The third kappa shape index (κ3) is 2.77. The molecular formula is C18H17F3N4O2. The minimum absolute atomic E-state index is 0.0135. The Hall–Kier alpha value is -2.84. The highest BCUT2D eigenvalue weighted by molar-refractivity contribution is 5.99. The predicted molar refractivity (Wildman–Crippen MR) is 90.2 cm³/mol. The standard InChI is InChI=1S/C18H17F3N4O2/c1-9-6-12-11(3)15(27-13(12)7-10(9)2)16(26)24-4-5-25-14(8-24)22-23-17(25)18(19,20)21/h6-7H,4-5,8H2,1-3H3. The van der Waals surface area contributed by atoms with Gasteiger partial charge in [-0.15, -0.1) is 10.2 Å². The molecule has 1 amide bonds. The third-order valence-corrected chi connectivity index (χ3v) is 5.04. The Bertz CT molecular complexity index is 1060. The summed E-state index contributed by atoms with van der Waals surface area (Å²) in [5, 5.41) is 7.70. The van der Waals surface area contributed by atoms with Crippen LogP contribution in [0, 0.1) is 20.8 Å². The molecule has 0 saturated heterocycles. The fourth-order valence-electron chi connectivity index (χ4n) is 3.36. The first kappa shape index (κ1) is 17.6. The van der Waals surface area contributed by atoms with Gasteiger partial charge in [0.15, 0.2) is 11.6 Å². The molecular weight excluding hydrogens is 361 g/mol. The SMILES string of the molecule is Cc1cc2oc(C(=O)N3CCn4c(nnc4C(F)(F)F)C3)c(C)c2cc1C. The molecule has 0 spiro atoms. The second-order valence-corrected chi connectivity index (χ2v) is 6.80. The Morgan fingerprint density at radius 3 is 2.52 bits per heavy atom. The van der Waals surface area contributed by atoms with E-state index in [4.69, 9.17) is 4.42 Å². The number of carbonyl (C=O) groups is 1. The molecule has 3 heterocycles. The van der Waals surface area contributed by atoms with Crippen molar-refractivity contribution >= 4 is 16.9 Å². The van der Waals surface area contributed by atoms with Crippen molar-refractivity contribution in [3.8, 4) is 0 Å². The molecule has 1 aliphatic heterocycles. The van der Waals surface area contributed by atoms with Crippen LogP contribution in [0.25, 0.3) is 11.0 Å². The number of nitrogens with zero attached hydrogens (tertiary/aromatic N) is 4. The van der Waals surface area contributed by atoms with Gasteiger partial charge in [0.1, 0.15) is 5.58 Å². The molecule has 1 aliphatic rings. The van der Waals surface area contributed by atoms with Gasteiger partial charge in [0.05, 0.1) is 6.54 Å².